The summed E-state index contributed by atoms with van der Waals surface area (Å²) < 4.78 is 41.2. The van der Waals surface area contributed by atoms with Crippen molar-refractivity contribution < 1.29 is 17.5 Å². The third-order valence-corrected chi connectivity index (χ3v) is 3.29. The Balaban J connectivity index is 3.53. The summed E-state index contributed by atoms with van der Waals surface area (Å²) in [5.74, 6) is -0.857. The smallest absolute Gasteiger partial charge is 0.182 e. The van der Waals surface area contributed by atoms with Gasteiger partial charge in [-0.05, 0) is 24.6 Å². The molecule has 1 aromatic carbocycles. The number of hydrogen-bond acceptors (Lipinski definition) is 4. The SMILES string of the molecule is COc1cc(C(C)N)cc(F)c1S(C)(=O)=O. The molecule has 0 aliphatic heterocycles. The molecule has 0 spiro atoms. The molecule has 4 nitrogen and oxygen atoms in total. The fraction of sp³-hybridized carbons (Fsp3) is 0.400. The molecule has 0 radical (unpaired) electrons. The lowest BCUT2D eigenvalue weighted by atomic mass is 10.1. The van der Waals surface area contributed by atoms with Crippen molar-refractivity contribution in [3.8, 4) is 5.75 Å². The molecule has 0 saturated carbocycles. The van der Waals surface area contributed by atoms with Gasteiger partial charge in [-0.25, -0.2) is 12.8 Å². The summed E-state index contributed by atoms with van der Waals surface area (Å²) in [7, 11) is -2.37. The third-order valence-electron chi connectivity index (χ3n) is 2.15. The Morgan fingerprint density at radius 1 is 1.44 bits per heavy atom. The van der Waals surface area contributed by atoms with Crippen LogP contribution in [0.25, 0.3) is 0 Å². The zero-order valence-corrected chi connectivity index (χ0v) is 10.1. The molecular weight excluding hydrogens is 233 g/mol. The zero-order chi connectivity index (χ0) is 12.5. The molecule has 1 rings (SSSR count). The highest BCUT2D eigenvalue weighted by Gasteiger charge is 2.21. The zero-order valence-electron chi connectivity index (χ0n) is 9.32. The average Bonchev–Trinajstić information content (AvgIpc) is 2.14. The van der Waals surface area contributed by atoms with E-state index in [9.17, 15) is 12.8 Å². The van der Waals surface area contributed by atoms with Crippen LogP contribution in [0.1, 0.15) is 18.5 Å². The van der Waals surface area contributed by atoms with Crippen LogP contribution >= 0.6 is 0 Å². The molecule has 0 aliphatic carbocycles. The van der Waals surface area contributed by atoms with Gasteiger partial charge in [0.2, 0.25) is 0 Å². The van der Waals surface area contributed by atoms with E-state index in [1.807, 2.05) is 0 Å². The number of benzene rings is 1. The fourth-order valence-electron chi connectivity index (χ4n) is 1.36. The van der Waals surface area contributed by atoms with E-state index in [1.165, 1.54) is 13.2 Å². The van der Waals surface area contributed by atoms with E-state index in [4.69, 9.17) is 10.5 Å². The molecular formula is C10H14FNO3S. The Morgan fingerprint density at radius 3 is 2.38 bits per heavy atom. The minimum Gasteiger partial charge on any atom is -0.495 e. The van der Waals surface area contributed by atoms with E-state index >= 15 is 0 Å². The molecule has 1 aromatic rings. The van der Waals surface area contributed by atoms with Crippen LogP contribution in [0.2, 0.25) is 0 Å². The monoisotopic (exact) mass is 247 g/mol. The van der Waals surface area contributed by atoms with Crippen molar-refractivity contribution >= 4 is 9.84 Å². The predicted molar refractivity (Wildman–Crippen MR) is 58.7 cm³/mol. The van der Waals surface area contributed by atoms with Gasteiger partial charge in [0.1, 0.15) is 16.5 Å². The van der Waals surface area contributed by atoms with E-state index in [0.717, 1.165) is 12.3 Å². The molecule has 0 heterocycles. The summed E-state index contributed by atoms with van der Waals surface area (Å²) in [5.41, 5.74) is 6.08. The van der Waals surface area contributed by atoms with Crippen LogP contribution in [-0.4, -0.2) is 21.8 Å². The van der Waals surface area contributed by atoms with E-state index in [0.29, 0.717) is 5.56 Å². The van der Waals surface area contributed by atoms with Gasteiger partial charge in [0, 0.05) is 12.3 Å². The Morgan fingerprint density at radius 2 is 2.00 bits per heavy atom. The molecule has 0 bridgehead atoms. The normalized spacial score (nSPS) is 13.6. The van der Waals surface area contributed by atoms with E-state index in [-0.39, 0.29) is 5.75 Å². The van der Waals surface area contributed by atoms with Crippen molar-refractivity contribution in [3.63, 3.8) is 0 Å². The standard InChI is InChI=1S/C10H14FNO3S/c1-6(12)7-4-8(11)10(16(3,13)14)9(5-7)15-2/h4-6H,12H2,1-3H3. The minimum absolute atomic E-state index is 0.0187. The number of ether oxygens (including phenoxy) is 1. The van der Waals surface area contributed by atoms with E-state index in [1.54, 1.807) is 6.92 Å². The molecule has 0 saturated heterocycles. The fourth-order valence-corrected chi connectivity index (χ4v) is 2.28. The quantitative estimate of drug-likeness (QED) is 0.873. The average molecular weight is 247 g/mol. The highest BCUT2D eigenvalue weighted by molar-refractivity contribution is 7.90. The summed E-state index contributed by atoms with van der Waals surface area (Å²) in [6.45, 7) is 1.67. The molecule has 0 aliphatic rings. The topological polar surface area (TPSA) is 69.4 Å². The molecule has 2 N–H and O–H groups in total. The number of nitrogens with two attached hydrogens (primary N) is 1. The summed E-state index contributed by atoms with van der Waals surface area (Å²) in [4.78, 5) is -0.431. The van der Waals surface area contributed by atoms with Crippen molar-refractivity contribution in [1.29, 1.82) is 0 Å². The van der Waals surface area contributed by atoms with E-state index in [2.05, 4.69) is 0 Å². The second-order valence-electron chi connectivity index (χ2n) is 3.59. The maximum absolute atomic E-state index is 13.6. The van der Waals surface area contributed by atoms with Gasteiger partial charge in [0.15, 0.2) is 9.84 Å². The van der Waals surface area contributed by atoms with Crippen LogP contribution < -0.4 is 10.5 Å². The maximum atomic E-state index is 13.6. The predicted octanol–water partition coefficient (Wildman–Crippen LogP) is 1.26. The first kappa shape index (κ1) is 12.9. The molecule has 1 unspecified atom stereocenters. The number of halogens is 1. The number of sulfone groups is 1. The highest BCUT2D eigenvalue weighted by Crippen LogP contribution is 2.29. The second-order valence-corrected chi connectivity index (χ2v) is 5.55. The summed E-state index contributed by atoms with van der Waals surface area (Å²) >= 11 is 0. The Bertz CT molecular complexity index is 497. The number of rotatable bonds is 3. The van der Waals surface area contributed by atoms with Gasteiger partial charge < -0.3 is 10.5 Å². The first-order valence-corrected chi connectivity index (χ1v) is 6.49. The summed E-state index contributed by atoms with van der Waals surface area (Å²) in [5, 5.41) is 0. The van der Waals surface area contributed by atoms with Gasteiger partial charge in [-0.2, -0.15) is 0 Å². The van der Waals surface area contributed by atoms with Crippen molar-refractivity contribution in [2.75, 3.05) is 13.4 Å². The molecule has 90 valence electrons. The Labute approximate surface area is 94.1 Å². The van der Waals surface area contributed by atoms with Crippen molar-refractivity contribution in [1.82, 2.24) is 0 Å². The van der Waals surface area contributed by atoms with Crippen LogP contribution in [0, 0.1) is 5.82 Å². The Hall–Kier alpha value is -1.14. The molecule has 16 heavy (non-hydrogen) atoms. The molecule has 0 fully saturated rings. The van der Waals surface area contributed by atoms with Crippen LogP contribution in [0.15, 0.2) is 17.0 Å². The summed E-state index contributed by atoms with van der Waals surface area (Å²) in [6, 6.07) is 2.16. The molecule has 1 atom stereocenters. The highest BCUT2D eigenvalue weighted by atomic mass is 32.2. The first-order chi connectivity index (χ1) is 7.27. The lowest BCUT2D eigenvalue weighted by Gasteiger charge is -2.12. The van der Waals surface area contributed by atoms with Gasteiger partial charge >= 0.3 is 0 Å². The van der Waals surface area contributed by atoms with Crippen molar-refractivity contribution in [2.24, 2.45) is 5.73 Å². The molecule has 6 heteroatoms. The molecule has 0 aromatic heterocycles. The maximum Gasteiger partial charge on any atom is 0.182 e. The lowest BCUT2D eigenvalue weighted by molar-refractivity contribution is 0.393. The third kappa shape index (κ3) is 2.51. The first-order valence-electron chi connectivity index (χ1n) is 4.60. The number of methoxy groups -OCH3 is 1. The summed E-state index contributed by atoms with van der Waals surface area (Å²) in [6.07, 6.45) is 0.930. The van der Waals surface area contributed by atoms with Crippen LogP contribution in [-0.2, 0) is 9.84 Å². The largest absolute Gasteiger partial charge is 0.495 e. The Kier molecular flexibility index (Phi) is 3.54. The van der Waals surface area contributed by atoms with Gasteiger partial charge in [0.25, 0.3) is 0 Å². The second kappa shape index (κ2) is 4.39. The van der Waals surface area contributed by atoms with Gasteiger partial charge in [-0.15, -0.1) is 0 Å². The number of hydrogen-bond donors (Lipinski definition) is 1. The van der Waals surface area contributed by atoms with Crippen LogP contribution in [0.5, 0.6) is 5.75 Å². The van der Waals surface area contributed by atoms with Crippen LogP contribution in [0.3, 0.4) is 0 Å². The van der Waals surface area contributed by atoms with Gasteiger partial charge in [-0.3, -0.25) is 0 Å². The minimum atomic E-state index is -3.66. The van der Waals surface area contributed by atoms with Crippen molar-refractivity contribution in [2.45, 2.75) is 17.9 Å². The molecule has 0 amide bonds. The van der Waals surface area contributed by atoms with Crippen molar-refractivity contribution in [3.05, 3.63) is 23.5 Å². The van der Waals surface area contributed by atoms with Gasteiger partial charge in [-0.1, -0.05) is 0 Å². The van der Waals surface area contributed by atoms with Crippen LogP contribution in [0.4, 0.5) is 4.39 Å². The lowest BCUT2D eigenvalue weighted by Crippen LogP contribution is -2.09. The van der Waals surface area contributed by atoms with Gasteiger partial charge in [0.05, 0.1) is 7.11 Å². The van der Waals surface area contributed by atoms with E-state index < -0.39 is 26.6 Å².